The number of hydrogen-bond donors (Lipinski definition) is 2. The van der Waals surface area contributed by atoms with E-state index in [9.17, 15) is 23.7 Å². The quantitative estimate of drug-likeness (QED) is 0.635. The average molecular weight is 274 g/mol. The molecule has 2 N–H and O–H groups in total. The van der Waals surface area contributed by atoms with Crippen molar-refractivity contribution >= 4 is 17.3 Å². The molecule has 0 spiro atoms. The van der Waals surface area contributed by atoms with Gasteiger partial charge >= 0.3 is 5.97 Å². The molecule has 1 aromatic carbocycles. The molecular weight excluding hydrogens is 262 g/mol. The average Bonchev–Trinajstić information content (AvgIpc) is 2.33. The summed E-state index contributed by atoms with van der Waals surface area (Å²) in [4.78, 5) is 20.6. The number of benzene rings is 1. The topological polar surface area (TPSA) is 92.5 Å². The Labute approximate surface area is 107 Å². The fourth-order valence-electron chi connectivity index (χ4n) is 1.40. The normalized spacial score (nSPS) is 13.7. The molecule has 1 aromatic rings. The predicted molar refractivity (Wildman–Crippen MR) is 62.9 cm³/mol. The van der Waals surface area contributed by atoms with E-state index < -0.39 is 45.9 Å². The Balaban J connectivity index is 3.15. The number of aliphatic carboxylic acids is 1. The zero-order chi connectivity index (χ0) is 14.7. The van der Waals surface area contributed by atoms with Gasteiger partial charge in [0.15, 0.2) is 17.3 Å². The van der Waals surface area contributed by atoms with Gasteiger partial charge in [0.1, 0.15) is 0 Å². The van der Waals surface area contributed by atoms with E-state index >= 15 is 0 Å². The van der Waals surface area contributed by atoms with Crippen LogP contribution in [-0.2, 0) is 4.79 Å². The Morgan fingerprint density at radius 3 is 2.47 bits per heavy atom. The van der Waals surface area contributed by atoms with Gasteiger partial charge in [-0.25, -0.2) is 8.78 Å². The summed E-state index contributed by atoms with van der Waals surface area (Å²) >= 11 is 0. The van der Waals surface area contributed by atoms with Crippen molar-refractivity contribution in [2.45, 2.75) is 19.9 Å². The summed E-state index contributed by atoms with van der Waals surface area (Å²) in [7, 11) is 0. The number of anilines is 1. The van der Waals surface area contributed by atoms with Crippen molar-refractivity contribution in [1.29, 1.82) is 0 Å². The van der Waals surface area contributed by atoms with Gasteiger partial charge in [-0.2, -0.15) is 0 Å². The van der Waals surface area contributed by atoms with Crippen LogP contribution in [0.25, 0.3) is 0 Å². The predicted octanol–water partition coefficient (Wildman–Crippen LogP) is 2.39. The molecular formula is C11H12F2N2O4. The van der Waals surface area contributed by atoms with Crippen molar-refractivity contribution in [3.05, 3.63) is 33.9 Å². The summed E-state index contributed by atoms with van der Waals surface area (Å²) in [5, 5.41) is 21.9. The molecule has 19 heavy (non-hydrogen) atoms. The molecule has 2 unspecified atom stereocenters. The molecule has 104 valence electrons. The Morgan fingerprint density at radius 1 is 1.42 bits per heavy atom. The van der Waals surface area contributed by atoms with E-state index in [1.165, 1.54) is 13.8 Å². The second kappa shape index (κ2) is 5.59. The lowest BCUT2D eigenvalue weighted by atomic mass is 10.0. The maximum Gasteiger partial charge on any atom is 0.308 e. The minimum Gasteiger partial charge on any atom is -0.481 e. The van der Waals surface area contributed by atoms with Crippen LogP contribution in [0, 0.1) is 27.7 Å². The van der Waals surface area contributed by atoms with Crippen LogP contribution in [0.5, 0.6) is 0 Å². The summed E-state index contributed by atoms with van der Waals surface area (Å²) < 4.78 is 26.6. The number of carbonyl (C=O) groups is 1. The van der Waals surface area contributed by atoms with Crippen LogP contribution in [0.3, 0.4) is 0 Å². The standard InChI is InChI=1S/C11H12F2N2O4/c1-5(11(16)17)6(2)14-10-8(15(18)19)4-3-7(12)9(10)13/h3-6,14H,1-2H3,(H,16,17). The summed E-state index contributed by atoms with van der Waals surface area (Å²) in [5.41, 5.74) is -1.30. The Bertz CT molecular complexity index is 522. The lowest BCUT2D eigenvalue weighted by Gasteiger charge is -2.19. The van der Waals surface area contributed by atoms with E-state index in [-0.39, 0.29) is 0 Å². The fourth-order valence-corrected chi connectivity index (χ4v) is 1.40. The van der Waals surface area contributed by atoms with Gasteiger partial charge in [0, 0.05) is 12.1 Å². The van der Waals surface area contributed by atoms with Crippen LogP contribution in [0.2, 0.25) is 0 Å². The van der Waals surface area contributed by atoms with Crippen LogP contribution >= 0.6 is 0 Å². The minimum absolute atomic E-state index is 0.643. The number of rotatable bonds is 5. The molecule has 0 aromatic heterocycles. The van der Waals surface area contributed by atoms with Crippen LogP contribution < -0.4 is 5.32 Å². The monoisotopic (exact) mass is 274 g/mol. The highest BCUT2D eigenvalue weighted by Gasteiger charge is 2.26. The summed E-state index contributed by atoms with van der Waals surface area (Å²) in [6, 6.07) is 0.649. The summed E-state index contributed by atoms with van der Waals surface area (Å²) in [6.45, 7) is 2.76. The highest BCUT2D eigenvalue weighted by molar-refractivity contribution is 5.72. The van der Waals surface area contributed by atoms with E-state index in [1.807, 2.05) is 0 Å². The third-order valence-electron chi connectivity index (χ3n) is 2.78. The van der Waals surface area contributed by atoms with Crippen LogP contribution in [0.1, 0.15) is 13.8 Å². The molecule has 0 radical (unpaired) electrons. The number of nitro groups is 1. The molecule has 0 amide bonds. The van der Waals surface area contributed by atoms with Crippen LogP contribution in [0.15, 0.2) is 12.1 Å². The van der Waals surface area contributed by atoms with Crippen molar-refractivity contribution in [3.63, 3.8) is 0 Å². The number of nitrogens with zero attached hydrogens (tertiary/aromatic N) is 1. The largest absolute Gasteiger partial charge is 0.481 e. The van der Waals surface area contributed by atoms with Gasteiger partial charge in [-0.1, -0.05) is 0 Å². The third-order valence-corrected chi connectivity index (χ3v) is 2.78. The molecule has 6 nitrogen and oxygen atoms in total. The molecule has 2 atom stereocenters. The first-order valence-electron chi connectivity index (χ1n) is 5.37. The zero-order valence-electron chi connectivity index (χ0n) is 10.2. The van der Waals surface area contributed by atoms with Crippen molar-refractivity contribution in [3.8, 4) is 0 Å². The zero-order valence-corrected chi connectivity index (χ0v) is 10.2. The van der Waals surface area contributed by atoms with Crippen LogP contribution in [0.4, 0.5) is 20.2 Å². The second-order valence-electron chi connectivity index (χ2n) is 4.07. The number of nitro benzene ring substituents is 1. The highest BCUT2D eigenvalue weighted by Crippen LogP contribution is 2.30. The maximum absolute atomic E-state index is 13.6. The van der Waals surface area contributed by atoms with Crippen molar-refractivity contribution < 1.29 is 23.6 Å². The lowest BCUT2D eigenvalue weighted by Crippen LogP contribution is -2.30. The van der Waals surface area contributed by atoms with Gasteiger partial charge in [-0.3, -0.25) is 14.9 Å². The molecule has 0 aliphatic rings. The first-order valence-corrected chi connectivity index (χ1v) is 5.37. The van der Waals surface area contributed by atoms with E-state index in [0.717, 1.165) is 6.07 Å². The second-order valence-corrected chi connectivity index (χ2v) is 4.07. The molecule has 0 fully saturated rings. The Morgan fingerprint density at radius 2 is 2.00 bits per heavy atom. The summed E-state index contributed by atoms with van der Waals surface area (Å²) in [5.74, 6) is -4.73. The molecule has 0 heterocycles. The van der Waals surface area contributed by atoms with Gasteiger partial charge in [0.05, 0.1) is 10.8 Å². The van der Waals surface area contributed by atoms with Crippen molar-refractivity contribution in [2.24, 2.45) is 5.92 Å². The number of carboxylic acids is 1. The molecule has 8 heteroatoms. The first-order chi connectivity index (χ1) is 8.75. The lowest BCUT2D eigenvalue weighted by molar-refractivity contribution is -0.384. The number of carboxylic acid groups (broad SMARTS) is 1. The van der Waals surface area contributed by atoms with Gasteiger partial charge in [-0.05, 0) is 19.9 Å². The van der Waals surface area contributed by atoms with Gasteiger partial charge in [0.2, 0.25) is 0 Å². The smallest absolute Gasteiger partial charge is 0.308 e. The first kappa shape index (κ1) is 14.8. The van der Waals surface area contributed by atoms with Crippen molar-refractivity contribution in [2.75, 3.05) is 5.32 Å². The van der Waals surface area contributed by atoms with E-state index in [0.29, 0.717) is 6.07 Å². The molecule has 0 aliphatic heterocycles. The van der Waals surface area contributed by atoms with Gasteiger partial charge < -0.3 is 10.4 Å². The molecule has 0 aliphatic carbocycles. The number of hydrogen-bond acceptors (Lipinski definition) is 4. The fraction of sp³-hybridized carbons (Fsp3) is 0.364. The van der Waals surface area contributed by atoms with Crippen LogP contribution in [-0.4, -0.2) is 22.0 Å². The molecule has 0 bridgehead atoms. The number of halogens is 2. The maximum atomic E-state index is 13.6. The Hall–Kier alpha value is -2.25. The molecule has 0 saturated carbocycles. The SMILES string of the molecule is CC(Nc1c([N+](=O)[O-])ccc(F)c1F)C(C)C(=O)O. The third kappa shape index (κ3) is 3.15. The number of nitrogens with one attached hydrogen (secondary N) is 1. The van der Waals surface area contributed by atoms with Crippen molar-refractivity contribution in [1.82, 2.24) is 0 Å². The summed E-state index contributed by atoms with van der Waals surface area (Å²) in [6.07, 6.45) is 0. The van der Waals surface area contributed by atoms with E-state index in [1.54, 1.807) is 0 Å². The molecule has 0 saturated heterocycles. The van der Waals surface area contributed by atoms with E-state index in [2.05, 4.69) is 5.32 Å². The minimum atomic E-state index is -1.40. The van der Waals surface area contributed by atoms with Gasteiger partial charge in [0.25, 0.3) is 5.69 Å². The molecule has 1 rings (SSSR count). The highest BCUT2D eigenvalue weighted by atomic mass is 19.2. The Kier molecular flexibility index (Phi) is 4.36. The van der Waals surface area contributed by atoms with E-state index in [4.69, 9.17) is 5.11 Å². The van der Waals surface area contributed by atoms with Gasteiger partial charge in [-0.15, -0.1) is 0 Å².